The molecule has 0 saturated heterocycles. The van der Waals surface area contributed by atoms with Gasteiger partial charge in [-0.15, -0.1) is 11.3 Å². The first-order valence-electron chi connectivity index (χ1n) is 9.25. The molecule has 0 fully saturated rings. The Hall–Kier alpha value is -3.79. The Kier molecular flexibility index (Phi) is 6.41. The number of hydrogen-bond acceptors (Lipinski definition) is 6. The minimum Gasteiger partial charge on any atom is -0.486 e. The van der Waals surface area contributed by atoms with Crippen molar-refractivity contribution >= 4 is 22.4 Å². The van der Waals surface area contributed by atoms with Gasteiger partial charge in [0, 0.05) is 10.9 Å². The predicted molar refractivity (Wildman–Crippen MR) is 112 cm³/mol. The summed E-state index contributed by atoms with van der Waals surface area (Å²) < 4.78 is 52.7. The molecule has 1 amide bonds. The Morgan fingerprint density at radius 1 is 1.03 bits per heavy atom. The molecule has 0 radical (unpaired) electrons. The molecule has 0 atom stereocenters. The van der Waals surface area contributed by atoms with E-state index in [4.69, 9.17) is 9.15 Å². The van der Waals surface area contributed by atoms with Gasteiger partial charge in [-0.1, -0.05) is 0 Å². The summed E-state index contributed by atoms with van der Waals surface area (Å²) in [4.78, 5) is 16.8. The third kappa shape index (κ3) is 5.46. The fourth-order valence-corrected chi connectivity index (χ4v) is 3.41. The standard InChI is InChI=1S/C22H15F3N2O4S/c23-14-3-7-15(8-4-14)29-11-17-9-10-19(30-17)20(28)27-22-26-18(12-32-22)13-1-5-16(6-2-13)31-21(24)25/h1-10,12,21H,11H2,(H,26,27,28). The van der Waals surface area contributed by atoms with Crippen molar-refractivity contribution in [2.75, 3.05) is 5.32 Å². The Bertz CT molecular complexity index is 1190. The number of rotatable bonds is 8. The zero-order valence-electron chi connectivity index (χ0n) is 16.3. The molecule has 2 aromatic heterocycles. The molecule has 0 bridgehead atoms. The number of ether oxygens (including phenoxy) is 2. The number of anilines is 1. The lowest BCUT2D eigenvalue weighted by Crippen LogP contribution is -2.10. The summed E-state index contributed by atoms with van der Waals surface area (Å²) >= 11 is 1.21. The van der Waals surface area contributed by atoms with E-state index in [2.05, 4.69) is 15.0 Å². The number of amides is 1. The lowest BCUT2D eigenvalue weighted by Gasteiger charge is -2.04. The number of halogens is 3. The first-order chi connectivity index (χ1) is 15.5. The van der Waals surface area contributed by atoms with Crippen LogP contribution in [-0.2, 0) is 6.61 Å². The van der Waals surface area contributed by atoms with Crippen molar-refractivity contribution < 1.29 is 31.9 Å². The van der Waals surface area contributed by atoms with Crippen LogP contribution < -0.4 is 14.8 Å². The summed E-state index contributed by atoms with van der Waals surface area (Å²) in [5, 5.41) is 4.72. The van der Waals surface area contributed by atoms with Crippen LogP contribution in [0.4, 0.5) is 18.3 Å². The summed E-state index contributed by atoms with van der Waals surface area (Å²) in [6, 6.07) is 14.7. The van der Waals surface area contributed by atoms with Crippen molar-refractivity contribution in [1.29, 1.82) is 0 Å². The van der Waals surface area contributed by atoms with Crippen molar-refractivity contribution in [3.63, 3.8) is 0 Å². The van der Waals surface area contributed by atoms with E-state index in [1.54, 1.807) is 23.6 Å². The normalized spacial score (nSPS) is 10.9. The van der Waals surface area contributed by atoms with Gasteiger partial charge in [0.05, 0.1) is 5.69 Å². The second-order valence-electron chi connectivity index (χ2n) is 6.40. The smallest absolute Gasteiger partial charge is 0.387 e. The number of alkyl halides is 2. The van der Waals surface area contributed by atoms with Gasteiger partial charge in [0.25, 0.3) is 5.91 Å². The molecule has 1 N–H and O–H groups in total. The van der Waals surface area contributed by atoms with Gasteiger partial charge in [-0.05, 0) is 60.7 Å². The van der Waals surface area contributed by atoms with Gasteiger partial charge in [-0.3, -0.25) is 10.1 Å². The Balaban J connectivity index is 1.34. The minimum absolute atomic E-state index is 0.0459. The van der Waals surface area contributed by atoms with Crippen molar-refractivity contribution in [2.45, 2.75) is 13.2 Å². The summed E-state index contributed by atoms with van der Waals surface area (Å²) in [6.45, 7) is -2.82. The van der Waals surface area contributed by atoms with Gasteiger partial charge < -0.3 is 13.9 Å². The van der Waals surface area contributed by atoms with Crippen molar-refractivity contribution in [1.82, 2.24) is 4.98 Å². The number of furan rings is 1. The highest BCUT2D eigenvalue weighted by Gasteiger charge is 2.14. The molecule has 10 heteroatoms. The van der Waals surface area contributed by atoms with Crippen LogP contribution in [0.1, 0.15) is 16.3 Å². The highest BCUT2D eigenvalue weighted by atomic mass is 32.1. The van der Waals surface area contributed by atoms with Gasteiger partial charge in [0.1, 0.15) is 29.7 Å². The number of nitrogens with zero attached hydrogens (tertiary/aromatic N) is 1. The van der Waals surface area contributed by atoms with E-state index >= 15 is 0 Å². The van der Waals surface area contributed by atoms with E-state index < -0.39 is 12.5 Å². The molecule has 4 aromatic rings. The molecule has 0 unspecified atom stereocenters. The zero-order valence-corrected chi connectivity index (χ0v) is 17.1. The van der Waals surface area contributed by atoms with Gasteiger partial charge >= 0.3 is 6.61 Å². The average Bonchev–Trinajstić information content (AvgIpc) is 3.43. The fourth-order valence-electron chi connectivity index (χ4n) is 2.69. The second kappa shape index (κ2) is 9.56. The molecule has 164 valence electrons. The number of carbonyl (C=O) groups excluding carboxylic acids is 1. The van der Waals surface area contributed by atoms with Crippen LogP contribution in [0, 0.1) is 5.82 Å². The lowest BCUT2D eigenvalue weighted by molar-refractivity contribution is -0.0498. The van der Waals surface area contributed by atoms with E-state index in [9.17, 15) is 18.0 Å². The molecule has 4 rings (SSSR count). The van der Waals surface area contributed by atoms with Crippen LogP contribution in [0.25, 0.3) is 11.3 Å². The molecule has 32 heavy (non-hydrogen) atoms. The Morgan fingerprint density at radius 3 is 2.47 bits per heavy atom. The summed E-state index contributed by atoms with van der Waals surface area (Å²) in [7, 11) is 0. The third-order valence-electron chi connectivity index (χ3n) is 4.18. The molecular weight excluding hydrogens is 445 g/mol. The number of nitrogens with one attached hydrogen (secondary N) is 1. The Morgan fingerprint density at radius 2 is 1.75 bits per heavy atom. The molecule has 2 aromatic carbocycles. The summed E-state index contributed by atoms with van der Waals surface area (Å²) in [5.74, 6) is 0.165. The van der Waals surface area contributed by atoms with Crippen LogP contribution in [-0.4, -0.2) is 17.5 Å². The topological polar surface area (TPSA) is 73.6 Å². The molecular formula is C22H15F3N2O4S. The van der Waals surface area contributed by atoms with Gasteiger partial charge in [0.15, 0.2) is 10.9 Å². The van der Waals surface area contributed by atoms with E-state index in [0.717, 1.165) is 0 Å². The maximum atomic E-state index is 12.9. The van der Waals surface area contributed by atoms with E-state index in [-0.39, 0.29) is 23.9 Å². The van der Waals surface area contributed by atoms with Crippen molar-refractivity contribution in [2.24, 2.45) is 0 Å². The number of hydrogen-bond donors (Lipinski definition) is 1. The molecule has 0 spiro atoms. The van der Waals surface area contributed by atoms with E-state index in [1.807, 2.05) is 0 Å². The van der Waals surface area contributed by atoms with Crippen LogP contribution in [0.3, 0.4) is 0 Å². The summed E-state index contributed by atoms with van der Waals surface area (Å²) in [6.07, 6.45) is 0. The molecule has 0 aliphatic carbocycles. The molecule has 0 aliphatic rings. The second-order valence-corrected chi connectivity index (χ2v) is 7.26. The fraction of sp³-hybridized carbons (Fsp3) is 0.0909. The van der Waals surface area contributed by atoms with Crippen molar-refractivity contribution in [3.05, 3.63) is 83.4 Å². The molecule has 6 nitrogen and oxygen atoms in total. The van der Waals surface area contributed by atoms with Crippen LogP contribution in [0.2, 0.25) is 0 Å². The Labute approximate surface area is 184 Å². The van der Waals surface area contributed by atoms with Gasteiger partial charge in [0.2, 0.25) is 0 Å². The molecule has 0 aliphatic heterocycles. The first kappa shape index (κ1) is 21.4. The highest BCUT2D eigenvalue weighted by molar-refractivity contribution is 7.14. The van der Waals surface area contributed by atoms with Gasteiger partial charge in [-0.25, -0.2) is 9.37 Å². The number of aromatic nitrogens is 1. The monoisotopic (exact) mass is 460 g/mol. The quantitative estimate of drug-likeness (QED) is 0.350. The van der Waals surface area contributed by atoms with Crippen molar-refractivity contribution in [3.8, 4) is 22.8 Å². The van der Waals surface area contributed by atoms with Crippen LogP contribution in [0.15, 0.2) is 70.5 Å². The third-order valence-corrected chi connectivity index (χ3v) is 4.94. The van der Waals surface area contributed by atoms with Crippen LogP contribution in [0.5, 0.6) is 11.5 Å². The number of benzene rings is 2. The SMILES string of the molecule is O=C(Nc1nc(-c2ccc(OC(F)F)cc2)cs1)c1ccc(COc2ccc(F)cc2)o1. The summed E-state index contributed by atoms with van der Waals surface area (Å²) in [5.41, 5.74) is 1.25. The predicted octanol–water partition coefficient (Wildman–Crippen LogP) is 5.97. The van der Waals surface area contributed by atoms with E-state index in [1.165, 1.54) is 53.8 Å². The zero-order chi connectivity index (χ0) is 22.5. The molecule has 0 saturated carbocycles. The van der Waals surface area contributed by atoms with E-state index in [0.29, 0.717) is 27.9 Å². The highest BCUT2D eigenvalue weighted by Crippen LogP contribution is 2.27. The minimum atomic E-state index is -2.89. The number of carbonyl (C=O) groups is 1. The average molecular weight is 460 g/mol. The lowest BCUT2D eigenvalue weighted by atomic mass is 10.2. The van der Waals surface area contributed by atoms with Gasteiger partial charge in [-0.2, -0.15) is 8.78 Å². The molecule has 2 heterocycles. The van der Waals surface area contributed by atoms with Crippen LogP contribution >= 0.6 is 11.3 Å². The largest absolute Gasteiger partial charge is 0.486 e. The first-order valence-corrected chi connectivity index (χ1v) is 10.1. The number of thiazole rings is 1. The maximum Gasteiger partial charge on any atom is 0.387 e. The maximum absolute atomic E-state index is 12.9.